The Kier molecular flexibility index (Phi) is 8.57. The molecule has 1 aliphatic heterocycles. The van der Waals surface area contributed by atoms with Gasteiger partial charge in [-0.15, -0.1) is 0 Å². The fraction of sp³-hybridized carbons (Fsp3) is 0.444. The first-order valence-electron chi connectivity index (χ1n) is 11.8. The first-order chi connectivity index (χ1) is 16.7. The molecule has 35 heavy (non-hydrogen) atoms. The molecule has 0 saturated carbocycles. The van der Waals surface area contributed by atoms with Crippen molar-refractivity contribution in [2.45, 2.75) is 51.4 Å². The van der Waals surface area contributed by atoms with E-state index in [-0.39, 0.29) is 23.7 Å². The highest BCUT2D eigenvalue weighted by atomic mass is 19.3. The quantitative estimate of drug-likeness (QED) is 0.529. The number of nitrogens with two attached hydrogens (primary N) is 1. The summed E-state index contributed by atoms with van der Waals surface area (Å²) in [5, 5.41) is 9.38. The van der Waals surface area contributed by atoms with E-state index in [1.54, 1.807) is 6.07 Å². The second-order valence-electron chi connectivity index (χ2n) is 9.00. The van der Waals surface area contributed by atoms with Crippen LogP contribution in [0.15, 0.2) is 36.4 Å². The molecule has 2 N–H and O–H groups in total. The first kappa shape index (κ1) is 26.3. The van der Waals surface area contributed by atoms with Gasteiger partial charge in [0, 0.05) is 24.1 Å². The van der Waals surface area contributed by atoms with Crippen LogP contribution in [0, 0.1) is 18.3 Å². The molecule has 186 valence electrons. The summed E-state index contributed by atoms with van der Waals surface area (Å²) in [5.74, 6) is -0.446. The molecule has 1 aliphatic rings. The molecule has 0 spiro atoms. The van der Waals surface area contributed by atoms with Crippen molar-refractivity contribution < 1.29 is 23.1 Å². The van der Waals surface area contributed by atoms with E-state index in [2.05, 4.69) is 11.0 Å². The number of hydrogen-bond acceptors (Lipinski definition) is 5. The summed E-state index contributed by atoms with van der Waals surface area (Å²) in [6.45, 7) is 6.17. The van der Waals surface area contributed by atoms with Crippen molar-refractivity contribution in [1.29, 1.82) is 5.26 Å². The summed E-state index contributed by atoms with van der Waals surface area (Å²) in [6, 6.07) is 11.6. The number of nitriles is 1. The monoisotopic (exact) mass is 483 g/mol. The minimum atomic E-state index is -2.83. The van der Waals surface area contributed by atoms with Crippen LogP contribution in [0.4, 0.5) is 8.78 Å². The van der Waals surface area contributed by atoms with Gasteiger partial charge in [-0.2, -0.15) is 5.26 Å². The number of ether oxygens (including phenoxy) is 1. The van der Waals surface area contributed by atoms with Crippen molar-refractivity contribution in [2.75, 3.05) is 26.2 Å². The zero-order chi connectivity index (χ0) is 25.6. The Morgan fingerprint density at radius 3 is 2.51 bits per heavy atom. The fourth-order valence-corrected chi connectivity index (χ4v) is 4.86. The maximum Gasteiger partial charge on any atom is 0.264 e. The average molecular weight is 484 g/mol. The van der Waals surface area contributed by atoms with Crippen molar-refractivity contribution in [1.82, 2.24) is 4.90 Å². The molecule has 0 atom stereocenters. The smallest absolute Gasteiger partial charge is 0.264 e. The number of nitrogens with zero attached hydrogens (tertiary/aromatic N) is 2. The molecule has 1 saturated heterocycles. The number of hydrogen-bond donors (Lipinski definition) is 1. The van der Waals surface area contributed by atoms with Crippen LogP contribution in [0.5, 0.6) is 5.75 Å². The van der Waals surface area contributed by atoms with Crippen molar-refractivity contribution >= 4 is 11.7 Å². The number of Topliss-reactive ketones (excluding diaryl/α,β-unsaturated/α-hetero) is 1. The number of aryl methyl sites for hydroxylation is 1. The van der Waals surface area contributed by atoms with E-state index >= 15 is 0 Å². The van der Waals surface area contributed by atoms with Gasteiger partial charge < -0.3 is 10.5 Å². The standard InChI is InChI=1S/C27H31F2N3O3/c1-3-4-24(33)27(23-15-19(17-30)6-5-18(23)2)9-11-32(12-10-27)13-14-35-20-7-8-21(26(31)34)22(16-20)25(28)29/h5-8,15-16,25H,3-4,9-14H2,1-2H3,(H2,31,34). The maximum atomic E-state index is 13.3. The number of halogens is 2. The van der Waals surface area contributed by atoms with Gasteiger partial charge in [-0.25, -0.2) is 8.78 Å². The number of carbonyl (C=O) groups is 2. The highest BCUT2D eigenvalue weighted by Crippen LogP contribution is 2.40. The topological polar surface area (TPSA) is 96.4 Å². The van der Waals surface area contributed by atoms with Gasteiger partial charge in [0.15, 0.2) is 0 Å². The van der Waals surface area contributed by atoms with E-state index in [0.717, 1.165) is 23.6 Å². The minimum absolute atomic E-state index is 0.211. The molecular formula is C27H31F2N3O3. The largest absolute Gasteiger partial charge is 0.492 e. The van der Waals surface area contributed by atoms with Crippen LogP contribution in [0.1, 0.15) is 71.6 Å². The number of primary amides is 1. The number of ketones is 1. The van der Waals surface area contributed by atoms with E-state index in [0.29, 0.717) is 44.5 Å². The number of piperidine rings is 1. The third kappa shape index (κ3) is 5.85. The Hall–Kier alpha value is -3.31. The molecule has 0 radical (unpaired) electrons. The minimum Gasteiger partial charge on any atom is -0.492 e. The number of alkyl halides is 2. The van der Waals surface area contributed by atoms with Crippen LogP contribution in [0.3, 0.4) is 0 Å². The van der Waals surface area contributed by atoms with Gasteiger partial charge in [-0.1, -0.05) is 13.0 Å². The van der Waals surface area contributed by atoms with Crippen molar-refractivity contribution in [3.8, 4) is 11.8 Å². The van der Waals surface area contributed by atoms with E-state index in [4.69, 9.17) is 10.5 Å². The van der Waals surface area contributed by atoms with Crippen LogP contribution >= 0.6 is 0 Å². The van der Waals surface area contributed by atoms with Gasteiger partial charge in [0.05, 0.1) is 17.0 Å². The lowest BCUT2D eigenvalue weighted by Gasteiger charge is -2.42. The predicted molar refractivity (Wildman–Crippen MR) is 129 cm³/mol. The van der Waals surface area contributed by atoms with Crippen LogP contribution < -0.4 is 10.5 Å². The summed E-state index contributed by atoms with van der Waals surface area (Å²) in [6.07, 6.45) is -0.286. The Morgan fingerprint density at radius 1 is 1.20 bits per heavy atom. The molecule has 0 unspecified atom stereocenters. The summed E-state index contributed by atoms with van der Waals surface area (Å²) in [7, 11) is 0. The molecule has 0 aromatic heterocycles. The number of likely N-dealkylation sites (tertiary alicyclic amines) is 1. The lowest BCUT2D eigenvalue weighted by Crippen LogP contribution is -2.48. The van der Waals surface area contributed by atoms with Gasteiger partial charge in [-0.3, -0.25) is 14.5 Å². The molecular weight excluding hydrogens is 452 g/mol. The van der Waals surface area contributed by atoms with E-state index in [9.17, 15) is 23.6 Å². The lowest BCUT2D eigenvalue weighted by molar-refractivity contribution is -0.126. The molecule has 1 heterocycles. The molecule has 1 fully saturated rings. The molecule has 2 aromatic rings. The first-order valence-corrected chi connectivity index (χ1v) is 11.8. The normalized spacial score (nSPS) is 15.5. The average Bonchev–Trinajstić information content (AvgIpc) is 2.84. The van der Waals surface area contributed by atoms with Crippen molar-refractivity contribution in [2.24, 2.45) is 5.73 Å². The number of carbonyl (C=O) groups excluding carboxylic acids is 2. The van der Waals surface area contributed by atoms with Crippen LogP contribution in [0.25, 0.3) is 0 Å². The van der Waals surface area contributed by atoms with Crippen molar-refractivity contribution in [3.63, 3.8) is 0 Å². The highest BCUT2D eigenvalue weighted by molar-refractivity contribution is 5.94. The van der Waals surface area contributed by atoms with Crippen LogP contribution in [-0.2, 0) is 10.2 Å². The van der Waals surface area contributed by atoms with Crippen LogP contribution in [-0.4, -0.2) is 42.8 Å². The van der Waals surface area contributed by atoms with Crippen molar-refractivity contribution in [3.05, 3.63) is 64.2 Å². The third-order valence-electron chi connectivity index (χ3n) is 6.80. The number of amides is 1. The molecule has 8 heteroatoms. The van der Waals surface area contributed by atoms with E-state index in [1.807, 2.05) is 26.0 Å². The molecule has 3 rings (SSSR count). The van der Waals surface area contributed by atoms with Gasteiger partial charge >= 0.3 is 0 Å². The maximum absolute atomic E-state index is 13.3. The molecule has 0 aliphatic carbocycles. The Balaban J connectivity index is 1.67. The molecule has 6 nitrogen and oxygen atoms in total. The number of rotatable bonds is 10. The van der Waals surface area contributed by atoms with E-state index in [1.165, 1.54) is 12.1 Å². The second kappa shape index (κ2) is 11.4. The second-order valence-corrected chi connectivity index (χ2v) is 9.00. The summed E-state index contributed by atoms with van der Waals surface area (Å²) in [5.41, 5.74) is 6.41. The van der Waals surface area contributed by atoms with Gasteiger partial charge in [-0.05, 0) is 80.7 Å². The lowest BCUT2D eigenvalue weighted by atomic mass is 9.67. The van der Waals surface area contributed by atoms with E-state index < -0.39 is 23.3 Å². The Morgan fingerprint density at radius 2 is 1.91 bits per heavy atom. The molecule has 0 bridgehead atoms. The van der Waals surface area contributed by atoms with Crippen LogP contribution in [0.2, 0.25) is 0 Å². The zero-order valence-corrected chi connectivity index (χ0v) is 20.2. The molecule has 2 aromatic carbocycles. The Bertz CT molecular complexity index is 1120. The summed E-state index contributed by atoms with van der Waals surface area (Å²) >= 11 is 0. The SMILES string of the molecule is CCCC(=O)C1(c2cc(C#N)ccc2C)CCN(CCOc2ccc(C(N)=O)c(C(F)F)c2)CC1. The Labute approximate surface area is 204 Å². The summed E-state index contributed by atoms with van der Waals surface area (Å²) < 4.78 is 32.2. The third-order valence-corrected chi connectivity index (χ3v) is 6.80. The fourth-order valence-electron chi connectivity index (χ4n) is 4.86. The van der Waals surface area contributed by atoms with Gasteiger partial charge in [0.25, 0.3) is 6.43 Å². The predicted octanol–water partition coefficient (Wildman–Crippen LogP) is 4.69. The van der Waals surface area contributed by atoms with Gasteiger partial charge in [0.1, 0.15) is 18.1 Å². The van der Waals surface area contributed by atoms with Gasteiger partial charge in [0.2, 0.25) is 5.91 Å². The number of benzene rings is 2. The highest BCUT2D eigenvalue weighted by Gasteiger charge is 2.42. The summed E-state index contributed by atoms with van der Waals surface area (Å²) in [4.78, 5) is 26.9. The molecule has 1 amide bonds. The zero-order valence-electron chi connectivity index (χ0n) is 20.2.